The topological polar surface area (TPSA) is 49.4 Å². The van der Waals surface area contributed by atoms with Gasteiger partial charge in [0.25, 0.3) is 0 Å². The molecule has 1 fully saturated rings. The van der Waals surface area contributed by atoms with E-state index in [1.165, 1.54) is 5.56 Å². The summed E-state index contributed by atoms with van der Waals surface area (Å²) in [5.74, 6) is -0.00805. The van der Waals surface area contributed by atoms with Gasteiger partial charge in [-0.3, -0.25) is 9.59 Å². The molecule has 1 aliphatic rings. The molecule has 96 valence electrons. The summed E-state index contributed by atoms with van der Waals surface area (Å²) in [6.07, 6.45) is 1.44. The number of carbonyl (C=O) groups is 2. The third-order valence-electron chi connectivity index (χ3n) is 3.12. The molecule has 18 heavy (non-hydrogen) atoms. The average Bonchev–Trinajstić information content (AvgIpc) is 2.74. The van der Waals surface area contributed by atoms with Gasteiger partial charge < -0.3 is 10.2 Å². The van der Waals surface area contributed by atoms with Crippen molar-refractivity contribution in [2.24, 2.45) is 0 Å². The summed E-state index contributed by atoms with van der Waals surface area (Å²) in [5, 5.41) is 2.83. The maximum Gasteiger partial charge on any atom is 0.239 e. The summed E-state index contributed by atoms with van der Waals surface area (Å²) in [5.41, 5.74) is 2.27. The van der Waals surface area contributed by atoms with Gasteiger partial charge in [0.1, 0.15) is 0 Å². The minimum absolute atomic E-state index is 0.0838. The zero-order chi connectivity index (χ0) is 13.0. The van der Waals surface area contributed by atoms with Crippen molar-refractivity contribution in [3.63, 3.8) is 0 Å². The van der Waals surface area contributed by atoms with Crippen LogP contribution in [0.2, 0.25) is 0 Å². The standard InChI is InChI=1S/C14H18N2O2/c1-11-4-6-12(7-5-11)9-15-13(17)10-16-8-2-3-14(16)18/h4-7H,2-3,8-10H2,1H3,(H,15,17). The monoisotopic (exact) mass is 246 g/mol. The zero-order valence-corrected chi connectivity index (χ0v) is 10.6. The number of amides is 2. The highest BCUT2D eigenvalue weighted by Gasteiger charge is 2.21. The van der Waals surface area contributed by atoms with Gasteiger partial charge in [-0.2, -0.15) is 0 Å². The van der Waals surface area contributed by atoms with Crippen molar-refractivity contribution in [1.29, 1.82) is 0 Å². The van der Waals surface area contributed by atoms with Crippen LogP contribution >= 0.6 is 0 Å². The number of nitrogens with zero attached hydrogens (tertiary/aromatic N) is 1. The Hall–Kier alpha value is -1.84. The first-order valence-electron chi connectivity index (χ1n) is 6.25. The van der Waals surface area contributed by atoms with Crippen molar-refractivity contribution >= 4 is 11.8 Å². The highest BCUT2D eigenvalue weighted by Crippen LogP contribution is 2.08. The van der Waals surface area contributed by atoms with Gasteiger partial charge in [-0.1, -0.05) is 29.8 Å². The van der Waals surface area contributed by atoms with Gasteiger partial charge >= 0.3 is 0 Å². The highest BCUT2D eigenvalue weighted by atomic mass is 16.2. The summed E-state index contributed by atoms with van der Waals surface area (Å²) < 4.78 is 0. The fraction of sp³-hybridized carbons (Fsp3) is 0.429. The van der Waals surface area contributed by atoms with Crippen LogP contribution in [0.5, 0.6) is 0 Å². The predicted octanol–water partition coefficient (Wildman–Crippen LogP) is 1.23. The van der Waals surface area contributed by atoms with E-state index in [4.69, 9.17) is 0 Å². The highest BCUT2D eigenvalue weighted by molar-refractivity contribution is 5.85. The number of nitrogens with one attached hydrogen (secondary N) is 1. The van der Waals surface area contributed by atoms with E-state index in [1.807, 2.05) is 31.2 Å². The second-order valence-electron chi connectivity index (χ2n) is 4.68. The number of hydrogen-bond donors (Lipinski definition) is 1. The smallest absolute Gasteiger partial charge is 0.239 e. The van der Waals surface area contributed by atoms with Crippen LogP contribution in [-0.4, -0.2) is 29.8 Å². The maximum absolute atomic E-state index is 11.7. The molecule has 1 aromatic carbocycles. The molecule has 1 saturated heterocycles. The summed E-state index contributed by atoms with van der Waals surface area (Å²) in [6.45, 7) is 3.43. The normalized spacial score (nSPS) is 14.9. The Bertz CT molecular complexity index is 440. The van der Waals surface area contributed by atoms with Gasteiger partial charge in [-0.15, -0.1) is 0 Å². The molecule has 0 saturated carbocycles. The zero-order valence-electron chi connectivity index (χ0n) is 10.6. The number of carbonyl (C=O) groups excluding carboxylic acids is 2. The van der Waals surface area contributed by atoms with Crippen LogP contribution in [0.15, 0.2) is 24.3 Å². The van der Waals surface area contributed by atoms with Gasteiger partial charge in [-0.25, -0.2) is 0 Å². The fourth-order valence-electron chi connectivity index (χ4n) is 2.01. The van der Waals surface area contributed by atoms with Crippen molar-refractivity contribution < 1.29 is 9.59 Å². The third-order valence-corrected chi connectivity index (χ3v) is 3.12. The molecule has 4 heteroatoms. The molecule has 1 heterocycles. The van der Waals surface area contributed by atoms with Gasteiger partial charge in [0, 0.05) is 19.5 Å². The van der Waals surface area contributed by atoms with Crippen LogP contribution in [-0.2, 0) is 16.1 Å². The Morgan fingerprint density at radius 2 is 2.06 bits per heavy atom. The largest absolute Gasteiger partial charge is 0.350 e. The van der Waals surface area contributed by atoms with Crippen LogP contribution in [0.1, 0.15) is 24.0 Å². The van der Waals surface area contributed by atoms with Crippen molar-refractivity contribution in [2.45, 2.75) is 26.3 Å². The average molecular weight is 246 g/mol. The number of hydrogen-bond acceptors (Lipinski definition) is 2. The fourth-order valence-corrected chi connectivity index (χ4v) is 2.01. The number of aryl methyl sites for hydroxylation is 1. The molecule has 0 radical (unpaired) electrons. The number of benzene rings is 1. The molecule has 4 nitrogen and oxygen atoms in total. The van der Waals surface area contributed by atoms with E-state index in [0.29, 0.717) is 19.5 Å². The molecule has 0 aromatic heterocycles. The molecule has 2 amide bonds. The van der Waals surface area contributed by atoms with Crippen molar-refractivity contribution in [3.8, 4) is 0 Å². The van der Waals surface area contributed by atoms with Gasteiger partial charge in [0.2, 0.25) is 11.8 Å². The Morgan fingerprint density at radius 1 is 1.33 bits per heavy atom. The summed E-state index contributed by atoms with van der Waals surface area (Å²) in [7, 11) is 0. The second-order valence-corrected chi connectivity index (χ2v) is 4.68. The maximum atomic E-state index is 11.7. The second kappa shape index (κ2) is 5.67. The summed E-state index contributed by atoms with van der Waals surface area (Å²) >= 11 is 0. The van der Waals surface area contributed by atoms with Gasteiger partial charge in [-0.05, 0) is 18.9 Å². The van der Waals surface area contributed by atoms with E-state index in [9.17, 15) is 9.59 Å². The van der Waals surface area contributed by atoms with E-state index in [1.54, 1.807) is 4.90 Å². The van der Waals surface area contributed by atoms with Gasteiger partial charge in [0.05, 0.1) is 6.54 Å². The van der Waals surface area contributed by atoms with E-state index >= 15 is 0 Å². The number of likely N-dealkylation sites (tertiary alicyclic amines) is 1. The van der Waals surface area contributed by atoms with Crippen LogP contribution in [0.25, 0.3) is 0 Å². The van der Waals surface area contributed by atoms with Crippen LogP contribution in [0.3, 0.4) is 0 Å². The Labute approximate surface area is 107 Å². The van der Waals surface area contributed by atoms with Crippen LogP contribution < -0.4 is 5.32 Å². The lowest BCUT2D eigenvalue weighted by molar-refractivity contribution is -0.133. The first-order valence-corrected chi connectivity index (χ1v) is 6.25. The first-order chi connectivity index (χ1) is 8.65. The van der Waals surface area contributed by atoms with E-state index in [-0.39, 0.29) is 18.4 Å². The number of rotatable bonds is 4. The van der Waals surface area contributed by atoms with Crippen molar-refractivity contribution in [2.75, 3.05) is 13.1 Å². The van der Waals surface area contributed by atoms with Gasteiger partial charge in [0.15, 0.2) is 0 Å². The van der Waals surface area contributed by atoms with Crippen LogP contribution in [0.4, 0.5) is 0 Å². The predicted molar refractivity (Wildman–Crippen MR) is 68.8 cm³/mol. The lowest BCUT2D eigenvalue weighted by Crippen LogP contribution is -2.37. The molecule has 1 aromatic rings. The molecule has 1 aliphatic heterocycles. The minimum Gasteiger partial charge on any atom is -0.350 e. The van der Waals surface area contributed by atoms with Crippen LogP contribution in [0, 0.1) is 6.92 Å². The van der Waals surface area contributed by atoms with E-state index < -0.39 is 0 Å². The molecule has 0 atom stereocenters. The Morgan fingerprint density at radius 3 is 2.67 bits per heavy atom. The Balaban J connectivity index is 1.78. The van der Waals surface area contributed by atoms with Crippen molar-refractivity contribution in [3.05, 3.63) is 35.4 Å². The molecule has 0 aliphatic carbocycles. The molecule has 0 spiro atoms. The van der Waals surface area contributed by atoms with E-state index in [0.717, 1.165) is 12.0 Å². The lowest BCUT2D eigenvalue weighted by atomic mass is 10.1. The molecular formula is C14H18N2O2. The summed E-state index contributed by atoms with van der Waals surface area (Å²) in [4.78, 5) is 24.7. The molecule has 2 rings (SSSR count). The molecule has 0 unspecified atom stereocenters. The van der Waals surface area contributed by atoms with Crippen molar-refractivity contribution in [1.82, 2.24) is 10.2 Å². The summed E-state index contributed by atoms with van der Waals surface area (Å²) in [6, 6.07) is 8.03. The Kier molecular flexibility index (Phi) is 3.97. The molecular weight excluding hydrogens is 228 g/mol. The SMILES string of the molecule is Cc1ccc(CNC(=O)CN2CCCC2=O)cc1. The lowest BCUT2D eigenvalue weighted by Gasteiger charge is -2.14. The molecule has 0 bridgehead atoms. The minimum atomic E-state index is -0.0918. The first kappa shape index (κ1) is 12.6. The molecule has 1 N–H and O–H groups in total. The van der Waals surface area contributed by atoms with E-state index in [2.05, 4.69) is 5.32 Å². The third kappa shape index (κ3) is 3.32. The quantitative estimate of drug-likeness (QED) is 0.868.